The van der Waals surface area contributed by atoms with Crippen LogP contribution < -0.4 is 0 Å². The zero-order chi connectivity index (χ0) is 18.4. The van der Waals surface area contributed by atoms with Crippen LogP contribution in [0.2, 0.25) is 0 Å². The summed E-state index contributed by atoms with van der Waals surface area (Å²) in [5.41, 5.74) is 0.559. The van der Waals surface area contributed by atoms with E-state index in [-0.39, 0.29) is 23.5 Å². The van der Waals surface area contributed by atoms with E-state index in [1.165, 1.54) is 0 Å². The lowest BCUT2D eigenvalue weighted by molar-refractivity contribution is -0.142. The van der Waals surface area contributed by atoms with E-state index in [9.17, 15) is 19.5 Å². The molecule has 1 atom stereocenters. The summed E-state index contributed by atoms with van der Waals surface area (Å²) in [7, 11) is 0. The zero-order valence-electron chi connectivity index (χ0n) is 14.3. The molecule has 0 aromatic heterocycles. The first-order valence-electron chi connectivity index (χ1n) is 8.12. The summed E-state index contributed by atoms with van der Waals surface area (Å²) >= 11 is 0. The third-order valence-electron chi connectivity index (χ3n) is 3.77. The topological polar surface area (TPSA) is 74.7 Å². The number of carboxylic acid groups (broad SMARTS) is 1. The van der Waals surface area contributed by atoms with Gasteiger partial charge in [-0.1, -0.05) is 50.2 Å². The van der Waals surface area contributed by atoms with E-state index in [0.717, 1.165) is 4.90 Å². The van der Waals surface area contributed by atoms with Crippen molar-refractivity contribution in [3.05, 3.63) is 71.8 Å². The maximum atomic E-state index is 12.9. The number of nitrogens with zero attached hydrogens (tertiary/aromatic N) is 1. The van der Waals surface area contributed by atoms with Crippen LogP contribution in [0, 0.1) is 5.92 Å². The predicted molar refractivity (Wildman–Crippen MR) is 94.3 cm³/mol. The lowest BCUT2D eigenvalue weighted by Crippen LogP contribution is -2.49. The monoisotopic (exact) mass is 339 g/mol. The molecular formula is C20H21NO4. The van der Waals surface area contributed by atoms with Crippen molar-refractivity contribution in [2.75, 3.05) is 0 Å². The van der Waals surface area contributed by atoms with Crippen LogP contribution in [-0.4, -0.2) is 33.8 Å². The third-order valence-corrected chi connectivity index (χ3v) is 3.77. The number of carboxylic acids is 1. The van der Waals surface area contributed by atoms with Crippen molar-refractivity contribution < 1.29 is 19.5 Å². The molecule has 0 saturated heterocycles. The van der Waals surface area contributed by atoms with Gasteiger partial charge in [-0.05, 0) is 36.6 Å². The van der Waals surface area contributed by atoms with Crippen molar-refractivity contribution in [3.8, 4) is 0 Å². The summed E-state index contributed by atoms with van der Waals surface area (Å²) in [6.07, 6.45) is 0.187. The van der Waals surface area contributed by atoms with Gasteiger partial charge in [0.05, 0.1) is 0 Å². The van der Waals surface area contributed by atoms with Gasteiger partial charge in [0, 0.05) is 11.1 Å². The van der Waals surface area contributed by atoms with E-state index in [4.69, 9.17) is 0 Å². The van der Waals surface area contributed by atoms with Gasteiger partial charge in [0.25, 0.3) is 11.8 Å². The summed E-state index contributed by atoms with van der Waals surface area (Å²) in [6, 6.07) is 15.3. The highest BCUT2D eigenvalue weighted by Gasteiger charge is 2.36. The number of hydrogen-bond donors (Lipinski definition) is 1. The first-order valence-corrected chi connectivity index (χ1v) is 8.12. The Bertz CT molecular complexity index is 689. The van der Waals surface area contributed by atoms with Crippen molar-refractivity contribution in [2.45, 2.75) is 26.3 Å². The number of imide groups is 1. The van der Waals surface area contributed by atoms with Gasteiger partial charge in [-0.2, -0.15) is 0 Å². The average molecular weight is 339 g/mol. The highest BCUT2D eigenvalue weighted by Crippen LogP contribution is 2.19. The normalized spacial score (nSPS) is 11.8. The molecule has 0 aliphatic rings. The van der Waals surface area contributed by atoms with E-state index in [1.54, 1.807) is 60.7 Å². The molecule has 0 aliphatic carbocycles. The number of aliphatic carboxylic acids is 1. The molecule has 0 aliphatic heterocycles. The zero-order valence-corrected chi connectivity index (χ0v) is 14.3. The smallest absolute Gasteiger partial charge is 0.326 e. The van der Waals surface area contributed by atoms with Gasteiger partial charge >= 0.3 is 5.97 Å². The van der Waals surface area contributed by atoms with Crippen molar-refractivity contribution >= 4 is 17.8 Å². The van der Waals surface area contributed by atoms with Crippen LogP contribution in [0.3, 0.4) is 0 Å². The molecule has 5 heteroatoms. The number of hydrogen-bond acceptors (Lipinski definition) is 3. The summed E-state index contributed by atoms with van der Waals surface area (Å²) in [6.45, 7) is 3.71. The summed E-state index contributed by atoms with van der Waals surface area (Å²) in [5.74, 6) is -2.40. The molecule has 0 heterocycles. The Morgan fingerprint density at radius 2 is 1.24 bits per heavy atom. The molecule has 0 unspecified atom stereocenters. The second kappa shape index (κ2) is 8.24. The molecule has 0 radical (unpaired) electrons. The summed E-state index contributed by atoms with van der Waals surface area (Å²) in [4.78, 5) is 38.5. The third kappa shape index (κ3) is 4.53. The van der Waals surface area contributed by atoms with Gasteiger partial charge in [-0.25, -0.2) is 4.79 Å². The molecule has 0 fully saturated rings. The van der Waals surface area contributed by atoms with Gasteiger partial charge in [-0.15, -0.1) is 0 Å². The minimum atomic E-state index is -1.22. The van der Waals surface area contributed by atoms with E-state index in [1.807, 2.05) is 13.8 Å². The molecule has 130 valence electrons. The van der Waals surface area contributed by atoms with Gasteiger partial charge in [0.2, 0.25) is 0 Å². The lowest BCUT2D eigenvalue weighted by Gasteiger charge is -2.28. The second-order valence-corrected chi connectivity index (χ2v) is 6.20. The lowest BCUT2D eigenvalue weighted by atomic mass is 10.00. The minimum absolute atomic E-state index is 0.00995. The Balaban J connectivity index is 2.48. The number of amides is 2. The number of benzene rings is 2. The molecule has 5 nitrogen and oxygen atoms in total. The molecule has 2 rings (SSSR count). The van der Waals surface area contributed by atoms with Crippen molar-refractivity contribution in [3.63, 3.8) is 0 Å². The Morgan fingerprint density at radius 3 is 1.56 bits per heavy atom. The van der Waals surface area contributed by atoms with Gasteiger partial charge in [0.1, 0.15) is 6.04 Å². The van der Waals surface area contributed by atoms with Gasteiger partial charge in [-0.3, -0.25) is 14.5 Å². The molecule has 0 bridgehead atoms. The maximum Gasteiger partial charge on any atom is 0.326 e. The van der Waals surface area contributed by atoms with E-state index in [0.29, 0.717) is 0 Å². The molecule has 2 amide bonds. The fourth-order valence-electron chi connectivity index (χ4n) is 2.58. The quantitative estimate of drug-likeness (QED) is 0.818. The van der Waals surface area contributed by atoms with Gasteiger partial charge < -0.3 is 5.11 Å². The largest absolute Gasteiger partial charge is 0.480 e. The Hall–Kier alpha value is -2.95. The van der Waals surface area contributed by atoms with E-state index in [2.05, 4.69) is 0 Å². The van der Waals surface area contributed by atoms with Crippen LogP contribution in [0.5, 0.6) is 0 Å². The number of rotatable bonds is 6. The highest BCUT2D eigenvalue weighted by atomic mass is 16.4. The standard InChI is InChI=1S/C20H21NO4/c1-14(2)13-17(20(24)25)21(18(22)15-9-5-3-6-10-15)19(23)16-11-7-4-8-12-16/h3-12,14,17H,13H2,1-2H3,(H,24,25)/t17-/m0/s1. The number of carbonyl (C=O) groups is 3. The van der Waals surface area contributed by atoms with E-state index >= 15 is 0 Å². The minimum Gasteiger partial charge on any atom is -0.480 e. The molecule has 0 saturated carbocycles. The molecule has 2 aromatic rings. The van der Waals surface area contributed by atoms with Crippen molar-refractivity contribution in [1.82, 2.24) is 4.90 Å². The maximum absolute atomic E-state index is 12.9. The fourth-order valence-corrected chi connectivity index (χ4v) is 2.58. The first-order chi connectivity index (χ1) is 11.9. The Labute approximate surface area is 146 Å². The second-order valence-electron chi connectivity index (χ2n) is 6.20. The van der Waals surface area contributed by atoms with Crippen LogP contribution in [-0.2, 0) is 4.79 Å². The van der Waals surface area contributed by atoms with Crippen LogP contribution in [0.15, 0.2) is 60.7 Å². The van der Waals surface area contributed by atoms with E-state index < -0.39 is 23.8 Å². The first kappa shape index (κ1) is 18.4. The highest BCUT2D eigenvalue weighted by molar-refractivity contribution is 6.12. The van der Waals surface area contributed by atoms with Crippen LogP contribution >= 0.6 is 0 Å². The Kier molecular flexibility index (Phi) is 6.06. The predicted octanol–water partition coefficient (Wildman–Crippen LogP) is 3.47. The summed E-state index contributed by atoms with van der Waals surface area (Å²) < 4.78 is 0. The molecule has 25 heavy (non-hydrogen) atoms. The van der Waals surface area contributed by atoms with Crippen LogP contribution in [0.25, 0.3) is 0 Å². The number of carbonyl (C=O) groups excluding carboxylic acids is 2. The Morgan fingerprint density at radius 1 is 0.840 bits per heavy atom. The molecule has 0 spiro atoms. The van der Waals surface area contributed by atoms with Crippen LogP contribution in [0.4, 0.5) is 0 Å². The molecular weight excluding hydrogens is 318 g/mol. The van der Waals surface area contributed by atoms with Crippen LogP contribution in [0.1, 0.15) is 41.0 Å². The SMILES string of the molecule is CC(C)C[C@@H](C(=O)O)N(C(=O)c1ccccc1)C(=O)c1ccccc1. The average Bonchev–Trinajstić information content (AvgIpc) is 2.62. The fraction of sp³-hybridized carbons (Fsp3) is 0.250. The summed E-state index contributed by atoms with van der Waals surface area (Å²) in [5, 5.41) is 9.64. The van der Waals surface area contributed by atoms with Crippen molar-refractivity contribution in [2.24, 2.45) is 5.92 Å². The van der Waals surface area contributed by atoms with Crippen molar-refractivity contribution in [1.29, 1.82) is 0 Å². The molecule has 1 N–H and O–H groups in total. The molecule has 2 aromatic carbocycles. The van der Waals surface area contributed by atoms with Gasteiger partial charge in [0.15, 0.2) is 0 Å².